The Kier molecular flexibility index (Phi) is 1.94. The van der Waals surface area contributed by atoms with Gasteiger partial charge in [0.2, 0.25) is 0 Å². The summed E-state index contributed by atoms with van der Waals surface area (Å²) in [6, 6.07) is 0. The van der Waals surface area contributed by atoms with Gasteiger partial charge in [-0.05, 0) is 43.9 Å². The molecule has 14 heavy (non-hydrogen) atoms. The van der Waals surface area contributed by atoms with Crippen LogP contribution in [0.3, 0.4) is 0 Å². The van der Waals surface area contributed by atoms with E-state index in [9.17, 15) is 0 Å². The number of fused-ring (bicyclic) bond motifs is 2. The minimum Gasteiger partial charge on any atom is -0.323 e. The van der Waals surface area contributed by atoms with Crippen molar-refractivity contribution in [3.63, 3.8) is 0 Å². The van der Waals surface area contributed by atoms with Gasteiger partial charge in [-0.3, -0.25) is 4.90 Å². The van der Waals surface area contributed by atoms with Crippen LogP contribution in [0.5, 0.6) is 0 Å². The molecule has 2 bridgehead atoms. The van der Waals surface area contributed by atoms with Crippen LogP contribution in [-0.4, -0.2) is 30.1 Å². The van der Waals surface area contributed by atoms with E-state index in [-0.39, 0.29) is 5.54 Å². The van der Waals surface area contributed by atoms with Gasteiger partial charge in [0.05, 0.1) is 0 Å². The van der Waals surface area contributed by atoms with Crippen LogP contribution in [0, 0.1) is 17.8 Å². The summed E-state index contributed by atoms with van der Waals surface area (Å²) in [6.07, 6.45) is 6.10. The van der Waals surface area contributed by atoms with E-state index < -0.39 is 0 Å². The number of hydrogen-bond acceptors (Lipinski definition) is 2. The lowest BCUT2D eigenvalue weighted by Gasteiger charge is -2.47. The maximum absolute atomic E-state index is 6.02. The number of likely N-dealkylation sites (tertiary alicyclic amines) is 1. The van der Waals surface area contributed by atoms with Gasteiger partial charge in [-0.25, -0.2) is 0 Å². The first-order valence-electron chi connectivity index (χ1n) is 6.14. The Labute approximate surface area is 86.8 Å². The molecule has 1 saturated heterocycles. The predicted molar refractivity (Wildman–Crippen MR) is 58.0 cm³/mol. The van der Waals surface area contributed by atoms with Crippen molar-refractivity contribution in [2.75, 3.05) is 19.6 Å². The highest BCUT2D eigenvalue weighted by atomic mass is 15.2. The topological polar surface area (TPSA) is 29.3 Å². The Hall–Kier alpha value is -0.0800. The van der Waals surface area contributed by atoms with E-state index in [1.807, 2.05) is 0 Å². The van der Waals surface area contributed by atoms with Crippen molar-refractivity contribution in [1.29, 1.82) is 0 Å². The predicted octanol–water partition coefficient (Wildman–Crippen LogP) is 1.46. The van der Waals surface area contributed by atoms with Crippen LogP contribution in [0.4, 0.5) is 0 Å². The lowest BCUT2D eigenvalue weighted by atomic mass is 9.85. The van der Waals surface area contributed by atoms with Gasteiger partial charge in [0.25, 0.3) is 0 Å². The molecule has 2 N–H and O–H groups in total. The van der Waals surface area contributed by atoms with Crippen molar-refractivity contribution < 1.29 is 0 Å². The minimum atomic E-state index is 0.123. The van der Waals surface area contributed by atoms with Crippen LogP contribution in [0.25, 0.3) is 0 Å². The molecular formula is C12H22N2. The van der Waals surface area contributed by atoms with E-state index in [4.69, 9.17) is 5.73 Å². The molecule has 0 amide bonds. The Bertz CT molecular complexity index is 228. The second-order valence-electron chi connectivity index (χ2n) is 6.26. The van der Waals surface area contributed by atoms with Crippen molar-refractivity contribution in [2.24, 2.45) is 23.5 Å². The summed E-state index contributed by atoms with van der Waals surface area (Å²) < 4.78 is 0. The summed E-state index contributed by atoms with van der Waals surface area (Å²) in [5, 5.41) is 0. The lowest BCUT2D eigenvalue weighted by Crippen LogP contribution is -2.66. The molecule has 80 valence electrons. The first-order valence-corrected chi connectivity index (χ1v) is 6.14. The highest BCUT2D eigenvalue weighted by molar-refractivity contribution is 4.99. The van der Waals surface area contributed by atoms with Crippen LogP contribution < -0.4 is 5.73 Å². The van der Waals surface area contributed by atoms with Crippen LogP contribution in [0.1, 0.15) is 32.6 Å². The molecule has 2 aliphatic carbocycles. The molecule has 3 atom stereocenters. The monoisotopic (exact) mass is 194 g/mol. The third-order valence-corrected chi connectivity index (χ3v) is 4.55. The molecule has 3 rings (SSSR count). The van der Waals surface area contributed by atoms with Crippen LogP contribution in [-0.2, 0) is 0 Å². The zero-order valence-electron chi connectivity index (χ0n) is 9.21. The molecule has 2 nitrogen and oxygen atoms in total. The quantitative estimate of drug-likeness (QED) is 0.721. The number of nitrogens with two attached hydrogens (primary N) is 1. The molecule has 0 radical (unpaired) electrons. The Morgan fingerprint density at radius 3 is 2.57 bits per heavy atom. The molecule has 3 fully saturated rings. The van der Waals surface area contributed by atoms with Crippen molar-refractivity contribution in [1.82, 2.24) is 4.90 Å². The molecule has 0 aromatic rings. The first kappa shape index (κ1) is 9.17. The van der Waals surface area contributed by atoms with E-state index in [0.717, 1.165) is 30.8 Å². The maximum Gasteiger partial charge on any atom is 0.0383 e. The normalized spacial score (nSPS) is 45.4. The van der Waals surface area contributed by atoms with Gasteiger partial charge in [0.1, 0.15) is 0 Å². The molecule has 2 heteroatoms. The third kappa shape index (κ3) is 1.49. The Balaban J connectivity index is 1.50. The number of nitrogens with zero attached hydrogens (tertiary/aromatic N) is 1. The fourth-order valence-electron chi connectivity index (χ4n) is 4.04. The van der Waals surface area contributed by atoms with Gasteiger partial charge in [-0.2, -0.15) is 0 Å². The summed E-state index contributed by atoms with van der Waals surface area (Å²) in [5.74, 6) is 3.19. The fourth-order valence-corrected chi connectivity index (χ4v) is 4.04. The van der Waals surface area contributed by atoms with E-state index in [0.29, 0.717) is 0 Å². The van der Waals surface area contributed by atoms with E-state index in [1.165, 1.54) is 25.8 Å². The standard InChI is InChI=1S/C12H22N2/c1-12(13)7-14(8-12)6-11-5-9-2-3-10(11)4-9/h9-11H,2-8,13H2,1H3. The zero-order chi connectivity index (χ0) is 9.76. The maximum atomic E-state index is 6.02. The largest absolute Gasteiger partial charge is 0.323 e. The van der Waals surface area contributed by atoms with E-state index in [2.05, 4.69) is 11.8 Å². The summed E-state index contributed by atoms with van der Waals surface area (Å²) in [4.78, 5) is 2.56. The molecule has 0 aromatic heterocycles. The van der Waals surface area contributed by atoms with Gasteiger partial charge in [0, 0.05) is 25.2 Å². The van der Waals surface area contributed by atoms with Crippen LogP contribution in [0.2, 0.25) is 0 Å². The van der Waals surface area contributed by atoms with E-state index in [1.54, 1.807) is 6.42 Å². The fraction of sp³-hybridized carbons (Fsp3) is 1.00. The molecule has 2 saturated carbocycles. The second-order valence-corrected chi connectivity index (χ2v) is 6.26. The Morgan fingerprint density at radius 1 is 1.29 bits per heavy atom. The summed E-state index contributed by atoms with van der Waals surface area (Å²) in [7, 11) is 0. The summed E-state index contributed by atoms with van der Waals surface area (Å²) in [5.41, 5.74) is 6.14. The van der Waals surface area contributed by atoms with E-state index >= 15 is 0 Å². The van der Waals surface area contributed by atoms with Crippen LogP contribution >= 0.6 is 0 Å². The SMILES string of the molecule is CC1(N)CN(CC2CC3CCC2C3)C1. The zero-order valence-corrected chi connectivity index (χ0v) is 9.21. The lowest BCUT2D eigenvalue weighted by molar-refractivity contribution is 0.0561. The van der Waals surface area contributed by atoms with Crippen molar-refractivity contribution >= 4 is 0 Å². The molecule has 1 heterocycles. The molecule has 0 aromatic carbocycles. The van der Waals surface area contributed by atoms with Crippen molar-refractivity contribution in [3.8, 4) is 0 Å². The van der Waals surface area contributed by atoms with Gasteiger partial charge in [-0.1, -0.05) is 6.42 Å². The smallest absolute Gasteiger partial charge is 0.0383 e. The van der Waals surface area contributed by atoms with Crippen molar-refractivity contribution in [2.45, 2.75) is 38.1 Å². The van der Waals surface area contributed by atoms with Gasteiger partial charge in [-0.15, -0.1) is 0 Å². The van der Waals surface area contributed by atoms with Crippen molar-refractivity contribution in [3.05, 3.63) is 0 Å². The van der Waals surface area contributed by atoms with Gasteiger partial charge >= 0.3 is 0 Å². The minimum absolute atomic E-state index is 0.123. The molecular weight excluding hydrogens is 172 g/mol. The highest BCUT2D eigenvalue weighted by Gasteiger charge is 2.43. The number of hydrogen-bond donors (Lipinski definition) is 1. The third-order valence-electron chi connectivity index (χ3n) is 4.55. The summed E-state index contributed by atoms with van der Waals surface area (Å²) >= 11 is 0. The van der Waals surface area contributed by atoms with Crippen LogP contribution in [0.15, 0.2) is 0 Å². The Morgan fingerprint density at radius 2 is 2.07 bits per heavy atom. The number of rotatable bonds is 2. The molecule has 3 unspecified atom stereocenters. The average Bonchev–Trinajstić information content (AvgIpc) is 2.61. The highest BCUT2D eigenvalue weighted by Crippen LogP contribution is 2.48. The molecule has 3 aliphatic rings. The van der Waals surface area contributed by atoms with Gasteiger partial charge < -0.3 is 5.73 Å². The van der Waals surface area contributed by atoms with Gasteiger partial charge in [0.15, 0.2) is 0 Å². The molecule has 0 spiro atoms. The second kappa shape index (κ2) is 2.96. The first-order chi connectivity index (χ1) is 6.62. The molecule has 1 aliphatic heterocycles. The summed E-state index contributed by atoms with van der Waals surface area (Å²) in [6.45, 7) is 5.76. The average molecular weight is 194 g/mol.